The van der Waals surface area contributed by atoms with Crippen LogP contribution in [0, 0.1) is 0 Å². The monoisotopic (exact) mass is 570 g/mol. The Bertz CT molecular complexity index is 1410. The van der Waals surface area contributed by atoms with E-state index in [-0.39, 0.29) is 23.7 Å². The fraction of sp³-hybridized carbons (Fsp3) is 0.452. The van der Waals surface area contributed by atoms with Crippen LogP contribution in [0.15, 0.2) is 55.1 Å². The highest BCUT2D eigenvalue weighted by atomic mass is 19.4. The van der Waals surface area contributed by atoms with Crippen LogP contribution in [0.1, 0.15) is 36.0 Å². The first kappa shape index (κ1) is 27.7. The van der Waals surface area contributed by atoms with E-state index in [2.05, 4.69) is 22.3 Å². The molecule has 41 heavy (non-hydrogen) atoms. The highest BCUT2D eigenvalue weighted by Gasteiger charge is 2.73. The molecule has 4 aliphatic rings. The molecule has 1 saturated heterocycles. The number of carbonyl (C=O) groups excluding carboxylic acids is 1. The average Bonchev–Trinajstić information content (AvgIpc) is 3.27. The van der Waals surface area contributed by atoms with Crippen molar-refractivity contribution < 1.29 is 37.3 Å². The highest BCUT2D eigenvalue weighted by molar-refractivity contribution is 5.92. The zero-order valence-electron chi connectivity index (χ0n) is 23.0. The molecule has 1 spiro atoms. The van der Waals surface area contributed by atoms with Gasteiger partial charge in [-0.2, -0.15) is 0 Å². The van der Waals surface area contributed by atoms with Crippen LogP contribution < -0.4 is 14.2 Å². The maximum atomic E-state index is 13.4. The Morgan fingerprint density at radius 3 is 2.83 bits per heavy atom. The zero-order chi connectivity index (χ0) is 29.2. The lowest BCUT2D eigenvalue weighted by molar-refractivity contribution is -0.274. The summed E-state index contributed by atoms with van der Waals surface area (Å²) in [4.78, 5) is 17.4. The van der Waals surface area contributed by atoms with Crippen molar-refractivity contribution in [3.05, 3.63) is 71.8 Å². The number of alkyl halides is 3. The smallest absolute Gasteiger partial charge is 0.493 e. The summed E-state index contributed by atoms with van der Waals surface area (Å²) < 4.78 is 54.3. The van der Waals surface area contributed by atoms with Gasteiger partial charge < -0.3 is 24.2 Å². The van der Waals surface area contributed by atoms with Gasteiger partial charge in [0, 0.05) is 31.3 Å². The molecule has 1 amide bonds. The lowest BCUT2D eigenvalue weighted by Crippen LogP contribution is -2.78. The molecule has 10 heteroatoms. The number of likely N-dealkylation sites (tertiary alicyclic amines) is 1. The number of hydrogen-bond donors (Lipinski definition) is 1. The van der Waals surface area contributed by atoms with Crippen molar-refractivity contribution in [2.24, 2.45) is 0 Å². The Kier molecular flexibility index (Phi) is 6.61. The summed E-state index contributed by atoms with van der Waals surface area (Å²) in [5, 5.41) is 12.6. The van der Waals surface area contributed by atoms with Crippen LogP contribution in [-0.2, 0) is 16.6 Å². The maximum absolute atomic E-state index is 13.4. The van der Waals surface area contributed by atoms with Gasteiger partial charge >= 0.3 is 6.36 Å². The van der Waals surface area contributed by atoms with E-state index in [9.17, 15) is 23.1 Å². The minimum atomic E-state index is -4.80. The third kappa shape index (κ3) is 4.22. The van der Waals surface area contributed by atoms with Crippen LogP contribution in [0.25, 0.3) is 6.08 Å². The molecule has 6 rings (SSSR count). The van der Waals surface area contributed by atoms with Crippen LogP contribution in [0.2, 0.25) is 0 Å². The first-order chi connectivity index (χ1) is 19.5. The molecular weight excluding hydrogens is 537 g/mol. The molecule has 2 fully saturated rings. The van der Waals surface area contributed by atoms with Gasteiger partial charge in [0.15, 0.2) is 11.5 Å². The largest absolute Gasteiger partial charge is 0.573 e. The molecule has 2 aromatic rings. The lowest BCUT2D eigenvalue weighted by atomic mass is 9.48. The molecule has 2 aliphatic heterocycles. The molecule has 2 aliphatic carbocycles. The number of piperidine rings is 1. The quantitative estimate of drug-likeness (QED) is 0.391. The van der Waals surface area contributed by atoms with Crippen molar-refractivity contribution in [2.75, 3.05) is 27.2 Å². The molecule has 1 saturated carbocycles. The molecular formula is C31H33F3N2O5. The number of methoxy groups -OCH3 is 1. The second-order valence-electron chi connectivity index (χ2n) is 11.3. The van der Waals surface area contributed by atoms with Crippen molar-refractivity contribution in [2.45, 2.75) is 61.2 Å². The first-order valence-electron chi connectivity index (χ1n) is 13.8. The maximum Gasteiger partial charge on any atom is 0.573 e. The van der Waals surface area contributed by atoms with Gasteiger partial charge in [-0.1, -0.05) is 24.3 Å². The number of ether oxygens (including phenoxy) is 3. The van der Waals surface area contributed by atoms with Crippen LogP contribution in [0.3, 0.4) is 0 Å². The van der Waals surface area contributed by atoms with Gasteiger partial charge in [-0.05, 0) is 67.6 Å². The van der Waals surface area contributed by atoms with Gasteiger partial charge in [0.05, 0.1) is 24.2 Å². The molecule has 2 heterocycles. The number of aliphatic hydroxyl groups is 1. The lowest BCUT2D eigenvalue weighted by Gasteiger charge is -2.64. The van der Waals surface area contributed by atoms with Crippen molar-refractivity contribution in [3.63, 3.8) is 0 Å². The van der Waals surface area contributed by atoms with Crippen molar-refractivity contribution >= 4 is 12.0 Å². The second kappa shape index (κ2) is 9.80. The summed E-state index contributed by atoms with van der Waals surface area (Å²) in [6.45, 7) is 5.35. The van der Waals surface area contributed by atoms with E-state index in [1.54, 1.807) is 25.1 Å². The number of likely N-dealkylation sites (N-methyl/N-ethyl adjacent to an activating group) is 1. The fourth-order valence-electron chi connectivity index (χ4n) is 7.80. The third-order valence-corrected chi connectivity index (χ3v) is 9.47. The number of nitrogens with zero attached hydrogens (tertiary/aromatic N) is 2. The number of rotatable bonds is 7. The number of amides is 1. The van der Waals surface area contributed by atoms with Gasteiger partial charge in [-0.25, -0.2) is 0 Å². The normalized spacial score (nSPS) is 30.0. The summed E-state index contributed by atoms with van der Waals surface area (Å²) in [5.41, 5.74) is 0.757. The molecule has 218 valence electrons. The summed E-state index contributed by atoms with van der Waals surface area (Å²) in [6, 6.07) is 8.97. The van der Waals surface area contributed by atoms with Crippen molar-refractivity contribution in [1.29, 1.82) is 0 Å². The van der Waals surface area contributed by atoms with Crippen LogP contribution >= 0.6 is 0 Å². The SMILES string of the molecule is C=CCN1CC[C@]23c4c5ccc(OC)c4OC2C(N(C)C(=O)/C=C/c2cccc(OC(F)(F)F)c2)CC[C@@]3(O)[C@H]1C5. The predicted octanol–water partition coefficient (Wildman–Crippen LogP) is 4.47. The number of benzene rings is 2. The Morgan fingerprint density at radius 1 is 1.29 bits per heavy atom. The van der Waals surface area contributed by atoms with Crippen molar-refractivity contribution in [1.82, 2.24) is 9.80 Å². The molecule has 0 aromatic heterocycles. The Morgan fingerprint density at radius 2 is 2.10 bits per heavy atom. The van der Waals surface area contributed by atoms with E-state index in [4.69, 9.17) is 9.47 Å². The van der Waals surface area contributed by atoms with Gasteiger partial charge in [-0.3, -0.25) is 9.69 Å². The molecule has 2 bridgehead atoms. The number of halogens is 3. The highest BCUT2D eigenvalue weighted by Crippen LogP contribution is 2.65. The standard InChI is InChI=1S/C31H33F3N2O5/c1-4-15-36-16-14-29-26-20-9-10-23(39-3)27(26)40-28(29)22(12-13-30(29,38)24(36)18-20)35(2)25(37)11-8-19-6-5-7-21(17-19)41-31(32,33)34/h4-11,17,22,24,28,38H,1,12-16,18H2,2-3H3/b11-8+/t22?,24-,28?,29+,30-/m1/s1. The summed E-state index contributed by atoms with van der Waals surface area (Å²) in [6.07, 6.45) is 1.74. The summed E-state index contributed by atoms with van der Waals surface area (Å²) in [5.74, 6) is 0.578. The molecule has 2 unspecified atom stereocenters. The van der Waals surface area contributed by atoms with Gasteiger partial charge in [0.25, 0.3) is 0 Å². The minimum absolute atomic E-state index is 0.111. The third-order valence-electron chi connectivity index (χ3n) is 9.47. The summed E-state index contributed by atoms with van der Waals surface area (Å²) in [7, 11) is 3.30. The van der Waals surface area contributed by atoms with E-state index in [1.165, 1.54) is 30.4 Å². The van der Waals surface area contributed by atoms with E-state index >= 15 is 0 Å². The molecule has 7 nitrogen and oxygen atoms in total. The topological polar surface area (TPSA) is 71.5 Å². The van der Waals surface area contributed by atoms with Gasteiger partial charge in [-0.15, -0.1) is 19.8 Å². The van der Waals surface area contributed by atoms with Gasteiger partial charge in [0.1, 0.15) is 11.9 Å². The summed E-state index contributed by atoms with van der Waals surface area (Å²) >= 11 is 0. The number of carbonyl (C=O) groups is 1. The molecule has 1 N–H and O–H groups in total. The molecule has 2 aromatic carbocycles. The van der Waals surface area contributed by atoms with E-state index < -0.39 is 23.5 Å². The van der Waals surface area contributed by atoms with E-state index in [0.717, 1.165) is 17.7 Å². The Hall–Kier alpha value is -3.50. The van der Waals surface area contributed by atoms with Crippen LogP contribution in [0.5, 0.6) is 17.2 Å². The minimum Gasteiger partial charge on any atom is -0.493 e. The van der Waals surface area contributed by atoms with Crippen molar-refractivity contribution in [3.8, 4) is 17.2 Å². The average molecular weight is 571 g/mol. The number of hydrogen-bond acceptors (Lipinski definition) is 6. The fourth-order valence-corrected chi connectivity index (χ4v) is 7.80. The Labute approximate surface area is 236 Å². The van der Waals surface area contributed by atoms with Crippen LogP contribution in [0.4, 0.5) is 13.2 Å². The second-order valence-corrected chi connectivity index (χ2v) is 11.3. The zero-order valence-corrected chi connectivity index (χ0v) is 23.0. The van der Waals surface area contributed by atoms with E-state index in [1.807, 2.05) is 12.1 Å². The van der Waals surface area contributed by atoms with Gasteiger partial charge in [0.2, 0.25) is 5.91 Å². The Balaban J connectivity index is 1.32. The van der Waals surface area contributed by atoms with E-state index in [0.29, 0.717) is 49.3 Å². The molecule has 0 radical (unpaired) electrons. The first-order valence-corrected chi connectivity index (χ1v) is 13.8. The van der Waals surface area contributed by atoms with Crippen LogP contribution in [-0.4, -0.2) is 78.2 Å². The molecule has 5 atom stereocenters. The predicted molar refractivity (Wildman–Crippen MR) is 146 cm³/mol.